The molecule has 5 aromatic rings. The van der Waals surface area contributed by atoms with Crippen LogP contribution in [0.3, 0.4) is 0 Å². The largest absolute Gasteiger partial charge is 0.494 e. The highest BCUT2D eigenvalue weighted by molar-refractivity contribution is 5.92. The molecule has 0 bridgehead atoms. The van der Waals surface area contributed by atoms with Gasteiger partial charge in [0.1, 0.15) is 17.2 Å². The lowest BCUT2D eigenvalue weighted by molar-refractivity contribution is 0.0599. The monoisotopic (exact) mass is 640 g/mol. The van der Waals surface area contributed by atoms with E-state index in [1.807, 2.05) is 30.3 Å². The second kappa shape index (κ2) is 13.5. The molecule has 0 aliphatic carbocycles. The van der Waals surface area contributed by atoms with Crippen LogP contribution in [0.25, 0.3) is 0 Å². The summed E-state index contributed by atoms with van der Waals surface area (Å²) in [4.78, 5) is 17.7. The lowest BCUT2D eigenvalue weighted by atomic mass is 9.80. The fourth-order valence-corrected chi connectivity index (χ4v) is 6.68. The first-order valence-corrected chi connectivity index (χ1v) is 16.6. The molecular formula is C42H44N2O4. The number of ether oxygens (including phenoxy) is 3. The Bertz CT molecular complexity index is 1940. The molecule has 5 aromatic carbocycles. The molecule has 0 amide bonds. The molecule has 1 heterocycles. The van der Waals surface area contributed by atoms with Crippen LogP contribution in [0.4, 0.5) is 22.7 Å². The van der Waals surface area contributed by atoms with Gasteiger partial charge in [0.2, 0.25) is 0 Å². The molecule has 0 N–H and O–H groups in total. The smallest absolute Gasteiger partial charge is 0.338 e. The van der Waals surface area contributed by atoms with Crippen LogP contribution in [-0.4, -0.2) is 33.3 Å². The summed E-state index contributed by atoms with van der Waals surface area (Å²) in [5.74, 6) is 1.43. The number of anilines is 4. The number of nitrogens with zero attached hydrogens (tertiary/aromatic N) is 2. The van der Waals surface area contributed by atoms with Crippen LogP contribution in [0.2, 0.25) is 0 Å². The zero-order valence-corrected chi connectivity index (χ0v) is 29.2. The Labute approximate surface area is 284 Å². The fraction of sp³-hybridized carbons (Fsp3) is 0.262. The maximum atomic E-state index is 13.2. The first kappa shape index (κ1) is 32.7. The minimum absolute atomic E-state index is 0.309. The standard InChI is InChI=1S/C42H44N2O4/c1-9-43(10-2)30-19-20-35-38(23-30)48-39-25-40(46-7)37(24-36(39)41(35)33-13-11-12-14-34(33)42(45)47-8)44(31-17-15-26(3)28(5)21-31)32-18-16-27(4)29(6)22-32/h11-25,41H,9-10H2,1-8H3. The lowest BCUT2D eigenvalue weighted by Gasteiger charge is -2.34. The van der Waals surface area contributed by atoms with Crippen LogP contribution >= 0.6 is 0 Å². The molecule has 246 valence electrons. The number of fused-ring (bicyclic) bond motifs is 2. The normalized spacial score (nSPS) is 13.2. The maximum absolute atomic E-state index is 13.2. The van der Waals surface area contributed by atoms with E-state index in [0.717, 1.165) is 58.3 Å². The molecule has 0 spiro atoms. The number of hydrogen-bond acceptors (Lipinski definition) is 6. The van der Waals surface area contributed by atoms with E-state index in [4.69, 9.17) is 14.2 Å². The van der Waals surface area contributed by atoms with E-state index in [1.165, 1.54) is 29.4 Å². The summed E-state index contributed by atoms with van der Waals surface area (Å²) in [6, 6.07) is 31.3. The molecule has 1 unspecified atom stereocenters. The molecule has 1 aliphatic rings. The van der Waals surface area contributed by atoms with Gasteiger partial charge in [-0.1, -0.05) is 36.4 Å². The van der Waals surface area contributed by atoms with E-state index >= 15 is 0 Å². The minimum atomic E-state index is -0.374. The van der Waals surface area contributed by atoms with Gasteiger partial charge in [-0.15, -0.1) is 0 Å². The summed E-state index contributed by atoms with van der Waals surface area (Å²) >= 11 is 0. The molecule has 0 aromatic heterocycles. The van der Waals surface area contributed by atoms with Gasteiger partial charge in [-0.3, -0.25) is 0 Å². The molecule has 1 aliphatic heterocycles. The van der Waals surface area contributed by atoms with Crippen molar-refractivity contribution in [2.75, 3.05) is 37.1 Å². The van der Waals surface area contributed by atoms with Gasteiger partial charge < -0.3 is 24.0 Å². The third kappa shape index (κ3) is 5.87. The number of hydrogen-bond donors (Lipinski definition) is 0. The van der Waals surface area contributed by atoms with Crippen molar-refractivity contribution in [2.45, 2.75) is 47.5 Å². The Balaban J connectivity index is 1.64. The summed E-state index contributed by atoms with van der Waals surface area (Å²) in [6.07, 6.45) is 0. The first-order chi connectivity index (χ1) is 23.2. The van der Waals surface area contributed by atoms with Gasteiger partial charge >= 0.3 is 5.97 Å². The molecule has 0 saturated heterocycles. The van der Waals surface area contributed by atoms with Crippen LogP contribution < -0.4 is 19.3 Å². The Morgan fingerprint density at radius 1 is 0.667 bits per heavy atom. The summed E-state index contributed by atoms with van der Waals surface area (Å²) in [5.41, 5.74) is 12.1. The average Bonchev–Trinajstić information content (AvgIpc) is 3.10. The first-order valence-electron chi connectivity index (χ1n) is 16.6. The van der Waals surface area contributed by atoms with E-state index in [2.05, 4.69) is 112 Å². The van der Waals surface area contributed by atoms with Crippen molar-refractivity contribution >= 4 is 28.7 Å². The van der Waals surface area contributed by atoms with E-state index in [-0.39, 0.29) is 11.9 Å². The van der Waals surface area contributed by atoms with Crippen molar-refractivity contribution in [2.24, 2.45) is 0 Å². The van der Waals surface area contributed by atoms with Gasteiger partial charge in [-0.05, 0) is 112 Å². The summed E-state index contributed by atoms with van der Waals surface area (Å²) in [7, 11) is 3.12. The molecule has 1 atom stereocenters. The number of benzene rings is 5. The van der Waals surface area contributed by atoms with Gasteiger partial charge in [0.05, 0.1) is 25.5 Å². The number of carbonyl (C=O) groups is 1. The van der Waals surface area contributed by atoms with Crippen LogP contribution in [0.1, 0.15) is 69.1 Å². The van der Waals surface area contributed by atoms with Crippen LogP contribution in [0.15, 0.2) is 91.0 Å². The molecule has 0 fully saturated rings. The van der Waals surface area contributed by atoms with Crippen molar-refractivity contribution in [1.82, 2.24) is 0 Å². The molecule has 6 heteroatoms. The van der Waals surface area contributed by atoms with Crippen molar-refractivity contribution in [3.63, 3.8) is 0 Å². The van der Waals surface area contributed by atoms with E-state index < -0.39 is 0 Å². The molecule has 0 radical (unpaired) electrons. The quantitative estimate of drug-likeness (QED) is 0.147. The Hall–Kier alpha value is -5.23. The minimum Gasteiger partial charge on any atom is -0.494 e. The second-order valence-electron chi connectivity index (χ2n) is 12.4. The van der Waals surface area contributed by atoms with Crippen LogP contribution in [-0.2, 0) is 4.74 Å². The van der Waals surface area contributed by atoms with Gasteiger partial charge in [-0.2, -0.15) is 0 Å². The van der Waals surface area contributed by atoms with Crippen LogP contribution in [0, 0.1) is 27.7 Å². The zero-order valence-electron chi connectivity index (χ0n) is 29.2. The van der Waals surface area contributed by atoms with Gasteiger partial charge in [-0.25, -0.2) is 4.79 Å². The predicted molar refractivity (Wildman–Crippen MR) is 195 cm³/mol. The zero-order chi connectivity index (χ0) is 34.1. The van der Waals surface area contributed by atoms with Gasteiger partial charge in [0.15, 0.2) is 0 Å². The third-order valence-corrected chi connectivity index (χ3v) is 9.69. The van der Waals surface area contributed by atoms with E-state index in [0.29, 0.717) is 17.1 Å². The van der Waals surface area contributed by atoms with Crippen molar-refractivity contribution in [3.05, 3.63) is 136 Å². The SMILES string of the molecule is CCN(CC)c1ccc2c(c1)Oc1cc(OC)c(N(c3ccc(C)c(C)c3)c3ccc(C)c(C)c3)cc1C2c1ccccc1C(=O)OC. The van der Waals surface area contributed by atoms with E-state index in [1.54, 1.807) is 7.11 Å². The summed E-state index contributed by atoms with van der Waals surface area (Å²) < 4.78 is 18.2. The highest BCUT2D eigenvalue weighted by atomic mass is 16.5. The Morgan fingerprint density at radius 2 is 1.27 bits per heavy atom. The lowest BCUT2D eigenvalue weighted by Crippen LogP contribution is -2.22. The number of methoxy groups -OCH3 is 2. The third-order valence-electron chi connectivity index (χ3n) is 9.69. The Morgan fingerprint density at radius 3 is 1.85 bits per heavy atom. The number of esters is 1. The number of aryl methyl sites for hydroxylation is 4. The second-order valence-corrected chi connectivity index (χ2v) is 12.4. The number of rotatable bonds is 9. The Kier molecular flexibility index (Phi) is 9.18. The maximum Gasteiger partial charge on any atom is 0.338 e. The van der Waals surface area contributed by atoms with Gasteiger partial charge in [0.25, 0.3) is 0 Å². The molecule has 6 rings (SSSR count). The molecule has 48 heavy (non-hydrogen) atoms. The molecule has 0 saturated carbocycles. The molecular weight excluding hydrogens is 596 g/mol. The summed E-state index contributed by atoms with van der Waals surface area (Å²) in [5, 5.41) is 0. The van der Waals surface area contributed by atoms with Crippen molar-refractivity contribution < 1.29 is 19.0 Å². The molecule has 6 nitrogen and oxygen atoms in total. The van der Waals surface area contributed by atoms with Gasteiger partial charge in [0, 0.05) is 59.3 Å². The highest BCUT2D eigenvalue weighted by Crippen LogP contribution is 2.53. The summed E-state index contributed by atoms with van der Waals surface area (Å²) in [6.45, 7) is 14.6. The number of carbonyl (C=O) groups excluding carboxylic acids is 1. The topological polar surface area (TPSA) is 51.2 Å². The van der Waals surface area contributed by atoms with Crippen LogP contribution in [0.5, 0.6) is 17.2 Å². The highest BCUT2D eigenvalue weighted by Gasteiger charge is 2.34. The van der Waals surface area contributed by atoms with Crippen molar-refractivity contribution in [3.8, 4) is 17.2 Å². The predicted octanol–water partition coefficient (Wildman–Crippen LogP) is 10.3. The fourth-order valence-electron chi connectivity index (χ4n) is 6.68. The van der Waals surface area contributed by atoms with Crippen molar-refractivity contribution in [1.29, 1.82) is 0 Å². The average molecular weight is 641 g/mol. The van der Waals surface area contributed by atoms with E-state index in [9.17, 15) is 4.79 Å².